The van der Waals surface area contributed by atoms with Crippen LogP contribution < -0.4 is 0 Å². The Morgan fingerprint density at radius 2 is 2.33 bits per heavy atom. The molecular formula is C11H20N2OS. The molecule has 0 aromatic rings. The van der Waals surface area contributed by atoms with Crippen molar-refractivity contribution in [3.63, 3.8) is 0 Å². The highest BCUT2D eigenvalue weighted by Crippen LogP contribution is 2.40. The van der Waals surface area contributed by atoms with Crippen molar-refractivity contribution in [1.29, 1.82) is 0 Å². The Kier molecular flexibility index (Phi) is 3.26. The van der Waals surface area contributed by atoms with Crippen molar-refractivity contribution in [1.82, 2.24) is 9.80 Å². The third-order valence-corrected chi connectivity index (χ3v) is 5.18. The van der Waals surface area contributed by atoms with Gasteiger partial charge < -0.3 is 9.80 Å². The Balaban J connectivity index is 2.12. The second-order valence-electron chi connectivity index (χ2n) is 4.47. The fourth-order valence-electron chi connectivity index (χ4n) is 2.57. The summed E-state index contributed by atoms with van der Waals surface area (Å²) in [6.45, 7) is 5.55. The molecule has 2 rings (SSSR count). The highest BCUT2D eigenvalue weighted by atomic mass is 32.2. The predicted molar refractivity (Wildman–Crippen MR) is 63.9 cm³/mol. The van der Waals surface area contributed by atoms with E-state index in [0.29, 0.717) is 5.91 Å². The van der Waals surface area contributed by atoms with Crippen LogP contribution in [0.25, 0.3) is 0 Å². The van der Waals surface area contributed by atoms with Crippen molar-refractivity contribution in [2.45, 2.75) is 31.1 Å². The fourth-order valence-corrected chi connectivity index (χ4v) is 4.08. The number of likely N-dealkylation sites (N-methyl/N-ethyl adjacent to an activating group) is 2. The topological polar surface area (TPSA) is 23.6 Å². The second kappa shape index (κ2) is 4.34. The van der Waals surface area contributed by atoms with Gasteiger partial charge >= 0.3 is 0 Å². The number of piperidine rings is 1. The molecule has 15 heavy (non-hydrogen) atoms. The molecule has 1 amide bonds. The average molecular weight is 228 g/mol. The molecule has 0 aromatic heterocycles. The van der Waals surface area contributed by atoms with E-state index in [1.165, 1.54) is 13.0 Å². The Bertz CT molecular complexity index is 255. The Morgan fingerprint density at radius 3 is 3.07 bits per heavy atom. The van der Waals surface area contributed by atoms with Gasteiger partial charge in [-0.1, -0.05) is 6.92 Å². The van der Waals surface area contributed by atoms with E-state index in [1.807, 2.05) is 23.7 Å². The zero-order valence-corrected chi connectivity index (χ0v) is 10.5. The standard InChI is InChI=1S/C11H20N2OS/c1-3-13-7-4-6-11(9-13)12(2)10(14)5-8-15-11/h3-9H2,1-2H3. The SMILES string of the molecule is CCN1CCCC2(C1)SCCC(=O)N2C. The van der Waals surface area contributed by atoms with Gasteiger partial charge in [0.05, 0.1) is 0 Å². The van der Waals surface area contributed by atoms with Gasteiger partial charge in [-0.2, -0.15) is 0 Å². The minimum atomic E-state index is 0.0869. The monoisotopic (exact) mass is 228 g/mol. The first kappa shape index (κ1) is 11.3. The number of hydrogen-bond acceptors (Lipinski definition) is 3. The minimum absolute atomic E-state index is 0.0869. The van der Waals surface area contributed by atoms with Crippen LogP contribution in [0.4, 0.5) is 0 Å². The average Bonchev–Trinajstić information content (AvgIpc) is 2.26. The number of carbonyl (C=O) groups excluding carboxylic acids is 1. The summed E-state index contributed by atoms with van der Waals surface area (Å²) in [6.07, 6.45) is 3.10. The first-order chi connectivity index (χ1) is 7.18. The summed E-state index contributed by atoms with van der Waals surface area (Å²) < 4.78 is 0. The van der Waals surface area contributed by atoms with E-state index in [-0.39, 0.29) is 4.87 Å². The lowest BCUT2D eigenvalue weighted by atomic mass is 10.0. The summed E-state index contributed by atoms with van der Waals surface area (Å²) in [4.78, 5) is 16.3. The van der Waals surface area contributed by atoms with E-state index >= 15 is 0 Å². The number of thioether (sulfide) groups is 1. The van der Waals surface area contributed by atoms with Crippen molar-refractivity contribution in [3.05, 3.63) is 0 Å². The summed E-state index contributed by atoms with van der Waals surface area (Å²) >= 11 is 1.98. The van der Waals surface area contributed by atoms with Gasteiger partial charge in [0.15, 0.2) is 0 Å². The van der Waals surface area contributed by atoms with Crippen molar-refractivity contribution < 1.29 is 4.79 Å². The number of likely N-dealkylation sites (tertiary alicyclic amines) is 1. The fraction of sp³-hybridized carbons (Fsp3) is 0.909. The van der Waals surface area contributed by atoms with Gasteiger partial charge in [-0.25, -0.2) is 0 Å². The maximum atomic E-state index is 11.8. The van der Waals surface area contributed by atoms with Gasteiger partial charge in [-0.15, -0.1) is 11.8 Å². The van der Waals surface area contributed by atoms with Gasteiger partial charge in [0.2, 0.25) is 5.91 Å². The lowest BCUT2D eigenvalue weighted by Gasteiger charge is -2.49. The molecule has 0 aromatic carbocycles. The van der Waals surface area contributed by atoms with Crippen LogP contribution in [0.5, 0.6) is 0 Å². The Hall–Kier alpha value is -0.220. The molecule has 4 heteroatoms. The number of carbonyl (C=O) groups is 1. The van der Waals surface area contributed by atoms with Crippen molar-refractivity contribution >= 4 is 17.7 Å². The molecule has 0 aliphatic carbocycles. The number of nitrogens with zero attached hydrogens (tertiary/aromatic N) is 2. The maximum Gasteiger partial charge on any atom is 0.224 e. The van der Waals surface area contributed by atoms with Crippen LogP contribution in [0.2, 0.25) is 0 Å². The number of amides is 1. The molecular weight excluding hydrogens is 208 g/mol. The van der Waals surface area contributed by atoms with E-state index in [9.17, 15) is 4.79 Å². The smallest absolute Gasteiger partial charge is 0.224 e. The lowest BCUT2D eigenvalue weighted by molar-refractivity contribution is -0.134. The van der Waals surface area contributed by atoms with Crippen LogP contribution in [0.1, 0.15) is 26.2 Å². The zero-order valence-electron chi connectivity index (χ0n) is 9.66. The van der Waals surface area contributed by atoms with Crippen molar-refractivity contribution in [2.24, 2.45) is 0 Å². The summed E-state index contributed by atoms with van der Waals surface area (Å²) in [5, 5.41) is 0. The van der Waals surface area contributed by atoms with E-state index in [4.69, 9.17) is 0 Å². The third-order valence-electron chi connectivity index (χ3n) is 3.63. The first-order valence-electron chi connectivity index (χ1n) is 5.81. The van der Waals surface area contributed by atoms with Gasteiger partial charge in [0.25, 0.3) is 0 Å². The van der Waals surface area contributed by atoms with Crippen molar-refractivity contribution in [2.75, 3.05) is 32.4 Å². The van der Waals surface area contributed by atoms with Gasteiger partial charge in [-0.3, -0.25) is 4.79 Å². The summed E-state index contributed by atoms with van der Waals surface area (Å²) in [6, 6.07) is 0. The molecule has 0 N–H and O–H groups in total. The van der Waals surface area contributed by atoms with E-state index < -0.39 is 0 Å². The largest absolute Gasteiger partial charge is 0.330 e. The Labute approximate surface area is 96.2 Å². The van der Waals surface area contributed by atoms with Crippen LogP contribution in [-0.4, -0.2) is 53.0 Å². The molecule has 1 unspecified atom stereocenters. The zero-order chi connectivity index (χ0) is 10.9. The molecule has 0 saturated carbocycles. The highest BCUT2D eigenvalue weighted by molar-refractivity contribution is 8.00. The first-order valence-corrected chi connectivity index (χ1v) is 6.79. The molecule has 2 aliphatic heterocycles. The highest BCUT2D eigenvalue weighted by Gasteiger charge is 2.43. The lowest BCUT2D eigenvalue weighted by Crippen LogP contribution is -2.59. The number of hydrogen-bond donors (Lipinski definition) is 0. The quantitative estimate of drug-likeness (QED) is 0.677. The van der Waals surface area contributed by atoms with Gasteiger partial charge in [0.1, 0.15) is 4.87 Å². The predicted octanol–water partition coefficient (Wildman–Crippen LogP) is 1.39. The second-order valence-corrected chi connectivity index (χ2v) is 5.93. The third kappa shape index (κ3) is 2.02. The molecule has 2 heterocycles. The van der Waals surface area contributed by atoms with Crippen LogP contribution in [-0.2, 0) is 4.79 Å². The van der Waals surface area contributed by atoms with E-state index in [0.717, 1.165) is 31.7 Å². The van der Waals surface area contributed by atoms with E-state index in [2.05, 4.69) is 11.8 Å². The summed E-state index contributed by atoms with van der Waals surface area (Å²) in [5.74, 6) is 1.33. The van der Waals surface area contributed by atoms with Crippen molar-refractivity contribution in [3.8, 4) is 0 Å². The molecule has 1 spiro atoms. The molecule has 3 nitrogen and oxygen atoms in total. The van der Waals surface area contributed by atoms with Gasteiger partial charge in [0, 0.05) is 25.8 Å². The van der Waals surface area contributed by atoms with Crippen LogP contribution >= 0.6 is 11.8 Å². The molecule has 0 radical (unpaired) electrons. The normalized spacial score (nSPS) is 33.7. The van der Waals surface area contributed by atoms with Crippen LogP contribution in [0, 0.1) is 0 Å². The molecule has 2 saturated heterocycles. The molecule has 86 valence electrons. The Morgan fingerprint density at radius 1 is 1.53 bits per heavy atom. The minimum Gasteiger partial charge on any atom is -0.330 e. The number of rotatable bonds is 1. The summed E-state index contributed by atoms with van der Waals surface area (Å²) in [7, 11) is 1.98. The summed E-state index contributed by atoms with van der Waals surface area (Å²) in [5.41, 5.74) is 0. The molecule has 1 atom stereocenters. The maximum absolute atomic E-state index is 11.8. The van der Waals surface area contributed by atoms with Crippen LogP contribution in [0.3, 0.4) is 0 Å². The molecule has 2 fully saturated rings. The van der Waals surface area contributed by atoms with Gasteiger partial charge in [-0.05, 0) is 25.9 Å². The van der Waals surface area contributed by atoms with E-state index in [1.54, 1.807) is 0 Å². The van der Waals surface area contributed by atoms with Crippen LogP contribution in [0.15, 0.2) is 0 Å². The molecule has 2 aliphatic rings. The molecule has 0 bridgehead atoms.